The number of likely N-dealkylation sites (tertiary alicyclic amines) is 1. The van der Waals surface area contributed by atoms with Crippen LogP contribution in [0.5, 0.6) is 0 Å². The van der Waals surface area contributed by atoms with E-state index in [4.69, 9.17) is 0 Å². The molecule has 2 aromatic rings. The topological polar surface area (TPSA) is 32.3 Å². The average Bonchev–Trinajstić information content (AvgIpc) is 2.68. The van der Waals surface area contributed by atoms with Gasteiger partial charge in [0.15, 0.2) is 0 Å². The van der Waals surface area contributed by atoms with Crippen molar-refractivity contribution in [3.8, 4) is 0 Å². The number of benzene rings is 2. The van der Waals surface area contributed by atoms with Crippen molar-refractivity contribution in [2.45, 2.75) is 32.6 Å². The number of hydrogen-bond acceptors (Lipinski definition) is 2. The third-order valence-electron chi connectivity index (χ3n) is 5.14. The number of piperidine rings is 1. The van der Waals surface area contributed by atoms with E-state index in [1.165, 1.54) is 11.1 Å². The van der Waals surface area contributed by atoms with Crippen LogP contribution in [0.3, 0.4) is 0 Å². The highest BCUT2D eigenvalue weighted by atomic mass is 16.2. The molecule has 0 aromatic heterocycles. The fourth-order valence-corrected chi connectivity index (χ4v) is 3.48. The Morgan fingerprint density at radius 3 is 2.32 bits per heavy atom. The van der Waals surface area contributed by atoms with Gasteiger partial charge in [0.2, 0.25) is 5.91 Å². The van der Waals surface area contributed by atoms with Crippen LogP contribution >= 0.6 is 0 Å². The fraction of sp³-hybridized carbons (Fsp3) is 0.409. The first kappa shape index (κ1) is 17.5. The van der Waals surface area contributed by atoms with E-state index in [9.17, 15) is 4.79 Å². The van der Waals surface area contributed by atoms with Gasteiger partial charge in [-0.2, -0.15) is 0 Å². The third kappa shape index (κ3) is 5.09. The Labute approximate surface area is 151 Å². The summed E-state index contributed by atoms with van der Waals surface area (Å²) in [6.07, 6.45) is 4.37. The Morgan fingerprint density at radius 1 is 1.00 bits per heavy atom. The number of carbonyl (C=O) groups is 1. The lowest BCUT2D eigenvalue weighted by atomic mass is 9.90. The van der Waals surface area contributed by atoms with Gasteiger partial charge in [0.25, 0.3) is 0 Å². The molecule has 2 aromatic carbocycles. The quantitative estimate of drug-likeness (QED) is 0.860. The number of carbonyl (C=O) groups excluding carboxylic acids is 1. The van der Waals surface area contributed by atoms with Crippen LogP contribution < -0.4 is 5.32 Å². The van der Waals surface area contributed by atoms with Crippen LogP contribution in [0.4, 0.5) is 5.69 Å². The number of aryl methyl sites for hydroxylation is 1. The molecule has 3 rings (SSSR count). The Bertz CT molecular complexity index is 658. The summed E-state index contributed by atoms with van der Waals surface area (Å²) in [5.74, 6) is 0.902. The number of nitrogens with zero attached hydrogens (tertiary/aromatic N) is 1. The number of rotatable bonds is 6. The van der Waals surface area contributed by atoms with Crippen LogP contribution in [0.15, 0.2) is 54.6 Å². The molecule has 0 bridgehead atoms. The molecule has 1 N–H and O–H groups in total. The molecule has 3 nitrogen and oxygen atoms in total. The summed E-state index contributed by atoms with van der Waals surface area (Å²) in [7, 11) is 0. The molecular weight excluding hydrogens is 308 g/mol. The van der Waals surface area contributed by atoms with Gasteiger partial charge < -0.3 is 10.2 Å². The van der Waals surface area contributed by atoms with Gasteiger partial charge in [0.05, 0.1) is 6.54 Å². The molecule has 1 aliphatic heterocycles. The first-order valence-corrected chi connectivity index (χ1v) is 9.39. The highest BCUT2D eigenvalue weighted by Crippen LogP contribution is 2.21. The van der Waals surface area contributed by atoms with Crippen LogP contribution in [-0.4, -0.2) is 30.4 Å². The second kappa shape index (κ2) is 8.70. The Balaban J connectivity index is 1.41. The van der Waals surface area contributed by atoms with E-state index < -0.39 is 0 Å². The molecule has 132 valence electrons. The first-order chi connectivity index (χ1) is 12.2. The number of nitrogens with one attached hydrogen (secondary N) is 1. The molecular formula is C22H28N2O. The lowest BCUT2D eigenvalue weighted by Gasteiger charge is -2.32. The molecule has 0 saturated carbocycles. The smallest absolute Gasteiger partial charge is 0.241 e. The number of hydrogen-bond donors (Lipinski definition) is 1. The predicted molar refractivity (Wildman–Crippen MR) is 104 cm³/mol. The highest BCUT2D eigenvalue weighted by molar-refractivity contribution is 5.81. The second-order valence-corrected chi connectivity index (χ2v) is 6.92. The van der Waals surface area contributed by atoms with E-state index in [-0.39, 0.29) is 5.91 Å². The van der Waals surface area contributed by atoms with Crippen LogP contribution in [0.25, 0.3) is 0 Å². The van der Waals surface area contributed by atoms with Crippen LogP contribution in [0.2, 0.25) is 0 Å². The van der Waals surface area contributed by atoms with Crippen molar-refractivity contribution in [3.63, 3.8) is 0 Å². The molecule has 1 aliphatic rings. The van der Waals surface area contributed by atoms with Gasteiger partial charge in [-0.1, -0.05) is 49.4 Å². The van der Waals surface area contributed by atoms with Crippen molar-refractivity contribution in [2.24, 2.45) is 5.92 Å². The summed E-state index contributed by atoms with van der Waals surface area (Å²) in [4.78, 5) is 14.4. The summed E-state index contributed by atoms with van der Waals surface area (Å²) in [6.45, 7) is 4.29. The van der Waals surface area contributed by atoms with Gasteiger partial charge in [0.1, 0.15) is 0 Å². The van der Waals surface area contributed by atoms with Crippen LogP contribution in [-0.2, 0) is 17.6 Å². The molecule has 25 heavy (non-hydrogen) atoms. The highest BCUT2D eigenvalue weighted by Gasteiger charge is 2.22. The van der Waals surface area contributed by atoms with Crippen molar-refractivity contribution < 1.29 is 4.79 Å². The molecule has 1 fully saturated rings. The third-order valence-corrected chi connectivity index (χ3v) is 5.14. The zero-order chi connectivity index (χ0) is 17.5. The molecule has 3 heteroatoms. The van der Waals surface area contributed by atoms with Crippen LogP contribution in [0, 0.1) is 5.92 Å². The van der Waals surface area contributed by atoms with Gasteiger partial charge in [-0.25, -0.2) is 0 Å². The van der Waals surface area contributed by atoms with E-state index in [2.05, 4.69) is 66.8 Å². The predicted octanol–water partition coefficient (Wildman–Crippen LogP) is 4.14. The second-order valence-electron chi connectivity index (χ2n) is 6.92. The summed E-state index contributed by atoms with van der Waals surface area (Å²) in [5, 5.41) is 3.25. The molecule has 0 radical (unpaired) electrons. The van der Waals surface area contributed by atoms with Gasteiger partial charge in [-0.05, 0) is 54.9 Å². The van der Waals surface area contributed by atoms with Crippen molar-refractivity contribution in [2.75, 3.05) is 25.0 Å². The minimum atomic E-state index is 0.206. The molecule has 1 amide bonds. The molecule has 0 spiro atoms. The van der Waals surface area contributed by atoms with Gasteiger partial charge >= 0.3 is 0 Å². The average molecular weight is 336 g/mol. The maximum atomic E-state index is 12.4. The Kier molecular flexibility index (Phi) is 6.10. The normalized spacial score (nSPS) is 15.2. The van der Waals surface area contributed by atoms with E-state index >= 15 is 0 Å². The van der Waals surface area contributed by atoms with E-state index in [1.54, 1.807) is 0 Å². The van der Waals surface area contributed by atoms with Crippen molar-refractivity contribution >= 4 is 11.6 Å². The summed E-state index contributed by atoms with van der Waals surface area (Å²) in [6, 6.07) is 19.0. The standard InChI is InChI=1S/C22H28N2O/c1-2-18-8-10-21(11-9-18)23-17-22(25)24-14-12-20(13-15-24)16-19-6-4-3-5-7-19/h3-11,20,23H,2,12-17H2,1H3. The van der Waals surface area contributed by atoms with E-state index in [0.717, 1.165) is 44.5 Å². The molecule has 0 atom stereocenters. The molecule has 1 heterocycles. The van der Waals surface area contributed by atoms with E-state index in [1.807, 2.05) is 4.90 Å². The zero-order valence-electron chi connectivity index (χ0n) is 15.1. The van der Waals surface area contributed by atoms with E-state index in [0.29, 0.717) is 12.5 Å². The maximum absolute atomic E-state index is 12.4. The monoisotopic (exact) mass is 336 g/mol. The molecule has 0 unspecified atom stereocenters. The maximum Gasteiger partial charge on any atom is 0.241 e. The number of anilines is 1. The van der Waals surface area contributed by atoms with Crippen LogP contribution in [0.1, 0.15) is 30.9 Å². The molecule has 0 aliphatic carbocycles. The van der Waals surface area contributed by atoms with Crippen molar-refractivity contribution in [3.05, 3.63) is 65.7 Å². The largest absolute Gasteiger partial charge is 0.376 e. The van der Waals surface area contributed by atoms with Gasteiger partial charge in [-0.15, -0.1) is 0 Å². The molecule has 1 saturated heterocycles. The van der Waals surface area contributed by atoms with Gasteiger partial charge in [0, 0.05) is 18.8 Å². The SMILES string of the molecule is CCc1ccc(NCC(=O)N2CCC(Cc3ccccc3)CC2)cc1. The Hall–Kier alpha value is -2.29. The first-order valence-electron chi connectivity index (χ1n) is 9.39. The summed E-state index contributed by atoms with van der Waals surface area (Å²) < 4.78 is 0. The minimum Gasteiger partial charge on any atom is -0.376 e. The fourth-order valence-electron chi connectivity index (χ4n) is 3.48. The van der Waals surface area contributed by atoms with Gasteiger partial charge in [-0.3, -0.25) is 4.79 Å². The lowest BCUT2D eigenvalue weighted by molar-refractivity contribution is -0.130. The number of amides is 1. The minimum absolute atomic E-state index is 0.206. The van der Waals surface area contributed by atoms with Crippen molar-refractivity contribution in [1.29, 1.82) is 0 Å². The Morgan fingerprint density at radius 2 is 1.68 bits per heavy atom. The lowest BCUT2D eigenvalue weighted by Crippen LogP contribution is -2.41. The van der Waals surface area contributed by atoms with Crippen molar-refractivity contribution in [1.82, 2.24) is 4.90 Å². The summed E-state index contributed by atoms with van der Waals surface area (Å²) in [5.41, 5.74) is 3.74. The summed E-state index contributed by atoms with van der Waals surface area (Å²) >= 11 is 0. The zero-order valence-corrected chi connectivity index (χ0v) is 15.1.